The lowest BCUT2D eigenvalue weighted by Crippen LogP contribution is -1.70. The van der Waals surface area contributed by atoms with Crippen molar-refractivity contribution in [2.24, 2.45) is 0 Å². The summed E-state index contributed by atoms with van der Waals surface area (Å²) >= 11 is 11.9. The van der Waals surface area contributed by atoms with Gasteiger partial charge < -0.3 is 4.74 Å². The number of hydrogen-bond acceptors (Lipinski definition) is 1. The Kier molecular flexibility index (Phi) is 2.58. The highest BCUT2D eigenvalue weighted by molar-refractivity contribution is 6.43. The molecule has 2 aromatic rings. The van der Waals surface area contributed by atoms with E-state index in [0.29, 0.717) is 15.8 Å². The van der Waals surface area contributed by atoms with Gasteiger partial charge in [0, 0.05) is 5.56 Å². The summed E-state index contributed by atoms with van der Waals surface area (Å²) in [5, 5.41) is 1.02. The van der Waals surface area contributed by atoms with E-state index in [1.807, 2.05) is 48.6 Å². The number of fused-ring (bicyclic) bond motifs is 1. The fourth-order valence-corrected chi connectivity index (χ4v) is 2.04. The molecule has 0 amide bonds. The molecule has 3 rings (SSSR count). The Morgan fingerprint density at radius 2 is 1.71 bits per heavy atom. The summed E-state index contributed by atoms with van der Waals surface area (Å²) in [6, 6.07) is 11.9. The molecule has 1 nitrogen and oxygen atoms in total. The van der Waals surface area contributed by atoms with Gasteiger partial charge in [0.1, 0.15) is 5.02 Å². The molecule has 0 bridgehead atoms. The van der Waals surface area contributed by atoms with Crippen molar-refractivity contribution in [2.45, 2.75) is 0 Å². The van der Waals surface area contributed by atoms with Gasteiger partial charge in [-0.25, -0.2) is 0 Å². The van der Waals surface area contributed by atoms with Gasteiger partial charge in [-0.1, -0.05) is 65.7 Å². The summed E-state index contributed by atoms with van der Waals surface area (Å²) in [5.74, 6) is 1.53. The second kappa shape index (κ2) is 4.10. The van der Waals surface area contributed by atoms with Crippen LogP contribution in [0.4, 0.5) is 0 Å². The molecule has 1 heterocycles. The standard InChI is InChI=1S/C14H8Cl2O/c15-11-8-10(13-14(17-13)12(11)16)7-6-9-4-2-1-3-5-9/h1-8H. The first-order valence-corrected chi connectivity index (χ1v) is 5.94. The van der Waals surface area contributed by atoms with Gasteiger partial charge in [-0.05, 0) is 11.6 Å². The maximum Gasteiger partial charge on any atom is 0.190 e. The van der Waals surface area contributed by atoms with Crippen LogP contribution in [0.5, 0.6) is 11.5 Å². The highest BCUT2D eigenvalue weighted by Gasteiger charge is 2.29. The predicted octanol–water partition coefficient (Wildman–Crippen LogP) is 5.27. The molecule has 0 atom stereocenters. The number of hydrogen-bond donors (Lipinski definition) is 0. The smallest absolute Gasteiger partial charge is 0.190 e. The van der Waals surface area contributed by atoms with E-state index < -0.39 is 0 Å². The minimum absolute atomic E-state index is 0.499. The van der Waals surface area contributed by atoms with E-state index in [9.17, 15) is 0 Å². The maximum absolute atomic E-state index is 5.99. The van der Waals surface area contributed by atoms with Crippen molar-refractivity contribution < 1.29 is 4.74 Å². The van der Waals surface area contributed by atoms with Gasteiger partial charge in [-0.2, -0.15) is 0 Å². The summed E-state index contributed by atoms with van der Waals surface area (Å²) < 4.78 is 5.30. The van der Waals surface area contributed by atoms with Crippen LogP contribution >= 0.6 is 23.2 Å². The monoisotopic (exact) mass is 262 g/mol. The molecular formula is C14H8Cl2O. The van der Waals surface area contributed by atoms with Crippen LogP contribution in [0.25, 0.3) is 12.2 Å². The summed E-state index contributed by atoms with van der Waals surface area (Å²) in [5.41, 5.74) is 2.09. The third kappa shape index (κ3) is 2.04. The molecule has 0 aromatic heterocycles. The zero-order chi connectivity index (χ0) is 11.8. The minimum atomic E-state index is 0.499. The molecule has 2 aromatic carbocycles. The zero-order valence-electron chi connectivity index (χ0n) is 8.78. The topological polar surface area (TPSA) is 12.5 Å². The van der Waals surface area contributed by atoms with Crippen LogP contribution < -0.4 is 4.74 Å². The van der Waals surface area contributed by atoms with Gasteiger partial charge in [0.15, 0.2) is 11.5 Å². The van der Waals surface area contributed by atoms with Crippen molar-refractivity contribution >= 4 is 35.4 Å². The average molecular weight is 263 g/mol. The molecule has 0 aliphatic carbocycles. The van der Waals surface area contributed by atoms with Gasteiger partial charge in [0.05, 0.1) is 5.02 Å². The number of benzene rings is 2. The second-order valence-electron chi connectivity index (χ2n) is 3.77. The minimum Gasteiger partial charge on any atom is -0.447 e. The van der Waals surface area contributed by atoms with Crippen molar-refractivity contribution in [1.82, 2.24) is 0 Å². The SMILES string of the molecule is Clc1cc(C=Cc2ccccc2)c2c(c1Cl)O2. The first-order valence-electron chi connectivity index (χ1n) is 5.18. The number of halogens is 2. The van der Waals surface area contributed by atoms with Crippen LogP contribution in [0, 0.1) is 0 Å². The summed E-state index contributed by atoms with van der Waals surface area (Å²) in [6.07, 6.45) is 3.99. The van der Waals surface area contributed by atoms with Crippen molar-refractivity contribution in [3.63, 3.8) is 0 Å². The Bertz CT molecular complexity index is 600. The molecule has 3 heteroatoms. The third-order valence-electron chi connectivity index (χ3n) is 2.58. The molecule has 1 aliphatic heterocycles. The Labute approximate surface area is 109 Å². The summed E-state index contributed by atoms with van der Waals surface area (Å²) in [4.78, 5) is 0. The number of rotatable bonds is 2. The van der Waals surface area contributed by atoms with E-state index in [2.05, 4.69) is 0 Å². The van der Waals surface area contributed by atoms with Crippen molar-refractivity contribution in [3.05, 3.63) is 57.6 Å². The van der Waals surface area contributed by atoms with Gasteiger partial charge >= 0.3 is 0 Å². The van der Waals surface area contributed by atoms with E-state index in [4.69, 9.17) is 27.9 Å². The molecule has 84 valence electrons. The quantitative estimate of drug-likeness (QED) is 0.453. The summed E-state index contributed by atoms with van der Waals surface area (Å²) in [7, 11) is 0. The Morgan fingerprint density at radius 1 is 0.941 bits per heavy atom. The second-order valence-corrected chi connectivity index (χ2v) is 4.55. The molecule has 0 fully saturated rings. The molecule has 0 saturated carbocycles. The molecule has 17 heavy (non-hydrogen) atoms. The average Bonchev–Trinajstić information content (AvgIpc) is 3.14. The van der Waals surface area contributed by atoms with Crippen LogP contribution in [0.2, 0.25) is 10.0 Å². The van der Waals surface area contributed by atoms with Gasteiger partial charge in [0.2, 0.25) is 0 Å². The lowest BCUT2D eigenvalue weighted by molar-refractivity contribution is 0.649. The lowest BCUT2D eigenvalue weighted by atomic mass is 10.1. The number of ether oxygens (including phenoxy) is 1. The molecule has 0 spiro atoms. The predicted molar refractivity (Wildman–Crippen MR) is 71.9 cm³/mol. The van der Waals surface area contributed by atoms with E-state index in [1.54, 1.807) is 0 Å². The highest BCUT2D eigenvalue weighted by Crippen LogP contribution is 2.56. The van der Waals surface area contributed by atoms with Gasteiger partial charge in [0.25, 0.3) is 0 Å². The van der Waals surface area contributed by atoms with E-state index >= 15 is 0 Å². The van der Waals surface area contributed by atoms with Crippen molar-refractivity contribution in [1.29, 1.82) is 0 Å². The van der Waals surface area contributed by atoms with Crippen LogP contribution in [0.15, 0.2) is 36.4 Å². The zero-order valence-corrected chi connectivity index (χ0v) is 10.3. The van der Waals surface area contributed by atoms with Crippen LogP contribution in [0.1, 0.15) is 11.1 Å². The first kappa shape index (κ1) is 10.7. The van der Waals surface area contributed by atoms with Crippen molar-refractivity contribution in [2.75, 3.05) is 0 Å². The Balaban J connectivity index is 1.93. The normalized spacial score (nSPS) is 12.4. The fourth-order valence-electron chi connectivity index (χ4n) is 1.66. The van der Waals surface area contributed by atoms with Crippen LogP contribution in [-0.2, 0) is 0 Å². The van der Waals surface area contributed by atoms with Gasteiger partial charge in [-0.15, -0.1) is 0 Å². The Hall–Kier alpha value is -1.44. The molecule has 0 unspecified atom stereocenters. The Morgan fingerprint density at radius 3 is 2.47 bits per heavy atom. The third-order valence-corrected chi connectivity index (χ3v) is 3.35. The van der Waals surface area contributed by atoms with E-state index in [-0.39, 0.29) is 0 Å². The molecule has 1 aliphatic rings. The molecule has 0 N–H and O–H groups in total. The molecular weight excluding hydrogens is 255 g/mol. The molecule has 0 saturated heterocycles. The van der Waals surface area contributed by atoms with Crippen molar-refractivity contribution in [3.8, 4) is 11.5 Å². The summed E-state index contributed by atoms with van der Waals surface area (Å²) in [6.45, 7) is 0. The molecule has 0 radical (unpaired) electrons. The van der Waals surface area contributed by atoms with Gasteiger partial charge in [-0.3, -0.25) is 0 Å². The van der Waals surface area contributed by atoms with Crippen LogP contribution in [0.3, 0.4) is 0 Å². The maximum atomic E-state index is 5.99. The fraction of sp³-hybridized carbons (Fsp3) is 0. The lowest BCUT2D eigenvalue weighted by Gasteiger charge is -1.93. The van der Waals surface area contributed by atoms with Crippen LogP contribution in [-0.4, -0.2) is 0 Å². The highest BCUT2D eigenvalue weighted by atomic mass is 35.5. The van der Waals surface area contributed by atoms with E-state index in [0.717, 1.165) is 16.9 Å². The first-order chi connectivity index (χ1) is 8.25. The van der Waals surface area contributed by atoms with E-state index in [1.165, 1.54) is 0 Å². The largest absolute Gasteiger partial charge is 0.447 e.